The number of amides is 1. The largest absolute Gasteiger partial charge is 0.483 e. The lowest BCUT2D eigenvalue weighted by atomic mass is 10.2. The molecule has 0 bridgehead atoms. The maximum absolute atomic E-state index is 11.3. The standard InChI is InChI=1S/C12H16N2O5/c1-2-5-13-12(16)8-19-11-4-3-10(14(17)18)6-9(11)7-15/h3-4,6,15H,2,5,7-8H2,1H3,(H,13,16). The van der Waals surface area contributed by atoms with Crippen molar-refractivity contribution in [2.24, 2.45) is 0 Å². The molecule has 1 amide bonds. The van der Waals surface area contributed by atoms with Crippen LogP contribution in [0.5, 0.6) is 5.75 Å². The molecule has 0 spiro atoms. The van der Waals surface area contributed by atoms with Gasteiger partial charge in [0.25, 0.3) is 11.6 Å². The third kappa shape index (κ3) is 4.55. The van der Waals surface area contributed by atoms with Crippen LogP contribution in [0.25, 0.3) is 0 Å². The highest BCUT2D eigenvalue weighted by molar-refractivity contribution is 5.77. The van der Waals surface area contributed by atoms with Crippen molar-refractivity contribution in [2.45, 2.75) is 20.0 Å². The van der Waals surface area contributed by atoms with Gasteiger partial charge >= 0.3 is 0 Å². The molecule has 0 saturated heterocycles. The summed E-state index contributed by atoms with van der Waals surface area (Å²) in [7, 11) is 0. The van der Waals surface area contributed by atoms with Gasteiger partial charge in [0.05, 0.1) is 11.5 Å². The molecule has 19 heavy (non-hydrogen) atoms. The van der Waals surface area contributed by atoms with E-state index in [-0.39, 0.29) is 29.5 Å². The van der Waals surface area contributed by atoms with Crippen molar-refractivity contribution in [3.63, 3.8) is 0 Å². The molecule has 7 heteroatoms. The minimum absolute atomic E-state index is 0.133. The number of nitrogens with one attached hydrogen (secondary N) is 1. The topological polar surface area (TPSA) is 102 Å². The molecule has 0 fully saturated rings. The van der Waals surface area contributed by atoms with Crippen LogP contribution >= 0.6 is 0 Å². The van der Waals surface area contributed by atoms with E-state index < -0.39 is 11.5 Å². The fraction of sp³-hybridized carbons (Fsp3) is 0.417. The van der Waals surface area contributed by atoms with E-state index in [1.807, 2.05) is 6.92 Å². The molecule has 0 aliphatic carbocycles. The van der Waals surface area contributed by atoms with Gasteiger partial charge in [0.1, 0.15) is 5.75 Å². The molecular weight excluding hydrogens is 252 g/mol. The molecular formula is C12H16N2O5. The molecule has 0 heterocycles. The van der Waals surface area contributed by atoms with Crippen LogP contribution in [-0.2, 0) is 11.4 Å². The molecule has 1 aromatic rings. The van der Waals surface area contributed by atoms with E-state index in [2.05, 4.69) is 5.32 Å². The number of nitrogens with zero attached hydrogens (tertiary/aromatic N) is 1. The Morgan fingerprint density at radius 2 is 2.26 bits per heavy atom. The van der Waals surface area contributed by atoms with Crippen molar-refractivity contribution < 1.29 is 19.6 Å². The summed E-state index contributed by atoms with van der Waals surface area (Å²) in [6.45, 7) is 1.91. The van der Waals surface area contributed by atoms with E-state index in [4.69, 9.17) is 9.84 Å². The third-order valence-corrected chi connectivity index (χ3v) is 2.36. The number of carbonyl (C=O) groups is 1. The van der Waals surface area contributed by atoms with Crippen LogP contribution in [0.1, 0.15) is 18.9 Å². The van der Waals surface area contributed by atoms with E-state index in [1.165, 1.54) is 18.2 Å². The van der Waals surface area contributed by atoms with Crippen molar-refractivity contribution in [1.82, 2.24) is 5.32 Å². The fourth-order valence-electron chi connectivity index (χ4n) is 1.40. The van der Waals surface area contributed by atoms with Gasteiger partial charge < -0.3 is 15.2 Å². The van der Waals surface area contributed by atoms with Crippen molar-refractivity contribution in [3.8, 4) is 5.75 Å². The Morgan fingerprint density at radius 3 is 2.84 bits per heavy atom. The predicted molar refractivity (Wildman–Crippen MR) is 67.8 cm³/mol. The van der Waals surface area contributed by atoms with Gasteiger partial charge in [-0.3, -0.25) is 14.9 Å². The molecule has 1 aromatic carbocycles. The molecule has 0 atom stereocenters. The first-order valence-corrected chi connectivity index (χ1v) is 5.86. The van der Waals surface area contributed by atoms with Crippen LogP contribution < -0.4 is 10.1 Å². The minimum Gasteiger partial charge on any atom is -0.483 e. The number of aliphatic hydroxyl groups is 1. The lowest BCUT2D eigenvalue weighted by Gasteiger charge is -2.09. The van der Waals surface area contributed by atoms with E-state index >= 15 is 0 Å². The minimum atomic E-state index is -0.559. The van der Waals surface area contributed by atoms with Gasteiger partial charge in [-0.25, -0.2) is 0 Å². The molecule has 0 aliphatic rings. The number of hydrogen-bond donors (Lipinski definition) is 2. The van der Waals surface area contributed by atoms with Crippen LogP contribution in [0.4, 0.5) is 5.69 Å². The van der Waals surface area contributed by atoms with Crippen LogP contribution in [0.2, 0.25) is 0 Å². The molecule has 0 aliphatic heterocycles. The van der Waals surface area contributed by atoms with Crippen LogP contribution in [0, 0.1) is 10.1 Å². The first kappa shape index (κ1) is 14.9. The van der Waals surface area contributed by atoms with E-state index in [1.54, 1.807) is 0 Å². The Balaban J connectivity index is 2.68. The lowest BCUT2D eigenvalue weighted by Crippen LogP contribution is -2.29. The summed E-state index contributed by atoms with van der Waals surface area (Å²) in [5, 5.41) is 22.3. The molecule has 104 valence electrons. The van der Waals surface area contributed by atoms with Gasteiger partial charge in [-0.15, -0.1) is 0 Å². The summed E-state index contributed by atoms with van der Waals surface area (Å²) in [6, 6.07) is 3.86. The van der Waals surface area contributed by atoms with Gasteiger partial charge in [-0.2, -0.15) is 0 Å². The van der Waals surface area contributed by atoms with Crippen LogP contribution in [0.15, 0.2) is 18.2 Å². The zero-order valence-corrected chi connectivity index (χ0v) is 10.6. The van der Waals surface area contributed by atoms with Gasteiger partial charge in [0.2, 0.25) is 0 Å². The van der Waals surface area contributed by atoms with Crippen molar-refractivity contribution in [3.05, 3.63) is 33.9 Å². The number of non-ortho nitro benzene ring substituents is 1. The first-order valence-electron chi connectivity index (χ1n) is 5.86. The Hall–Kier alpha value is -2.15. The monoisotopic (exact) mass is 268 g/mol. The van der Waals surface area contributed by atoms with E-state index in [9.17, 15) is 14.9 Å². The number of nitro benzene ring substituents is 1. The molecule has 1 rings (SSSR count). The fourth-order valence-corrected chi connectivity index (χ4v) is 1.40. The normalized spacial score (nSPS) is 10.0. The Labute approximate surface area is 110 Å². The summed E-state index contributed by atoms with van der Waals surface area (Å²) < 4.78 is 5.23. The van der Waals surface area contributed by atoms with E-state index in [0.717, 1.165) is 6.42 Å². The quantitative estimate of drug-likeness (QED) is 0.567. The summed E-state index contributed by atoms with van der Waals surface area (Å²) >= 11 is 0. The number of hydrogen-bond acceptors (Lipinski definition) is 5. The maximum atomic E-state index is 11.3. The predicted octanol–water partition coefficient (Wildman–Crippen LogP) is 0.992. The van der Waals surface area contributed by atoms with Gasteiger partial charge in [0, 0.05) is 24.2 Å². The highest BCUT2D eigenvalue weighted by Gasteiger charge is 2.12. The lowest BCUT2D eigenvalue weighted by molar-refractivity contribution is -0.385. The average molecular weight is 268 g/mol. The zero-order chi connectivity index (χ0) is 14.3. The SMILES string of the molecule is CCCNC(=O)COc1ccc([N+](=O)[O-])cc1CO. The number of carbonyl (C=O) groups excluding carboxylic acids is 1. The number of rotatable bonds is 7. The van der Waals surface area contributed by atoms with Crippen molar-refractivity contribution in [2.75, 3.05) is 13.2 Å². The summed E-state index contributed by atoms with van der Waals surface area (Å²) in [4.78, 5) is 21.4. The third-order valence-electron chi connectivity index (χ3n) is 2.36. The second-order valence-corrected chi connectivity index (χ2v) is 3.85. The zero-order valence-electron chi connectivity index (χ0n) is 10.6. The van der Waals surface area contributed by atoms with E-state index in [0.29, 0.717) is 6.54 Å². The molecule has 0 saturated carbocycles. The maximum Gasteiger partial charge on any atom is 0.270 e. The molecule has 0 unspecified atom stereocenters. The van der Waals surface area contributed by atoms with Crippen LogP contribution in [-0.4, -0.2) is 29.1 Å². The second-order valence-electron chi connectivity index (χ2n) is 3.85. The Kier molecular flexibility index (Phi) is 5.74. The first-order chi connectivity index (χ1) is 9.08. The highest BCUT2D eigenvalue weighted by atomic mass is 16.6. The smallest absolute Gasteiger partial charge is 0.270 e. The van der Waals surface area contributed by atoms with Gasteiger partial charge in [-0.05, 0) is 12.5 Å². The number of ether oxygens (including phenoxy) is 1. The number of nitro groups is 1. The van der Waals surface area contributed by atoms with Crippen LogP contribution in [0.3, 0.4) is 0 Å². The average Bonchev–Trinajstić information content (AvgIpc) is 2.42. The second kappa shape index (κ2) is 7.32. The molecule has 7 nitrogen and oxygen atoms in total. The Bertz CT molecular complexity index is 461. The number of benzene rings is 1. The highest BCUT2D eigenvalue weighted by Crippen LogP contribution is 2.24. The molecule has 0 radical (unpaired) electrons. The molecule has 0 aromatic heterocycles. The van der Waals surface area contributed by atoms with Crippen molar-refractivity contribution in [1.29, 1.82) is 0 Å². The Morgan fingerprint density at radius 1 is 1.53 bits per heavy atom. The summed E-state index contributed by atoms with van der Waals surface area (Å²) in [6.07, 6.45) is 0.825. The molecule has 2 N–H and O–H groups in total. The van der Waals surface area contributed by atoms with Crippen molar-refractivity contribution >= 4 is 11.6 Å². The number of aliphatic hydroxyl groups excluding tert-OH is 1. The van der Waals surface area contributed by atoms with Gasteiger partial charge in [-0.1, -0.05) is 6.92 Å². The van der Waals surface area contributed by atoms with Gasteiger partial charge in [0.15, 0.2) is 6.61 Å². The summed E-state index contributed by atoms with van der Waals surface area (Å²) in [5.41, 5.74) is 0.143. The summed E-state index contributed by atoms with van der Waals surface area (Å²) in [5.74, 6) is -0.0103.